The van der Waals surface area contributed by atoms with E-state index in [2.05, 4.69) is 42.0 Å². The maximum atomic E-state index is 8.43. The minimum Gasteiger partial charge on any atom is -0.391 e. The van der Waals surface area contributed by atoms with E-state index in [0.717, 1.165) is 13.2 Å². The fraction of sp³-hybridized carbons (Fsp3) is 1.00. The van der Waals surface area contributed by atoms with Crippen LogP contribution in [-0.2, 0) is 14.2 Å². The number of aliphatic hydroxyl groups is 1. The standard InChI is InChI=1S/C4H8O2.C4H10O2.I2/c1-5-2-4-3-6-4;1-4(5)3-6-2;1-2/h4H,2-3H2,1H3;4-5H,3H2,1-2H3;. The quantitative estimate of drug-likeness (QED) is 0.545. The molecule has 1 N–H and O–H groups in total. The van der Waals surface area contributed by atoms with Gasteiger partial charge in [0.2, 0.25) is 0 Å². The number of hydrogen-bond donors (Lipinski definition) is 1. The van der Waals surface area contributed by atoms with Crippen molar-refractivity contribution in [2.24, 2.45) is 0 Å². The Morgan fingerprint density at radius 3 is 2.00 bits per heavy atom. The van der Waals surface area contributed by atoms with Crippen LogP contribution in [0.3, 0.4) is 0 Å². The molecule has 1 aliphatic heterocycles. The zero-order valence-electron chi connectivity index (χ0n) is 8.70. The number of rotatable bonds is 4. The molecular formula is C8H18I2O4. The summed E-state index contributed by atoms with van der Waals surface area (Å²) in [5.41, 5.74) is 0. The molecule has 4 nitrogen and oxygen atoms in total. The van der Waals surface area contributed by atoms with E-state index in [1.165, 1.54) is 0 Å². The van der Waals surface area contributed by atoms with Crippen LogP contribution in [0.15, 0.2) is 0 Å². The molecule has 0 amide bonds. The number of hydrogen-bond acceptors (Lipinski definition) is 4. The van der Waals surface area contributed by atoms with E-state index >= 15 is 0 Å². The molecule has 88 valence electrons. The Labute approximate surface area is 109 Å². The highest BCUT2D eigenvalue weighted by atomic mass is 128. The van der Waals surface area contributed by atoms with Crippen LogP contribution in [0.5, 0.6) is 0 Å². The van der Waals surface area contributed by atoms with E-state index < -0.39 is 0 Å². The minimum absolute atomic E-state index is 0.324. The summed E-state index contributed by atoms with van der Waals surface area (Å²) in [4.78, 5) is 0. The first-order valence-corrected chi connectivity index (χ1v) is 10.4. The molecule has 1 aliphatic rings. The van der Waals surface area contributed by atoms with Crippen molar-refractivity contribution in [3.05, 3.63) is 0 Å². The Morgan fingerprint density at radius 2 is 1.93 bits per heavy atom. The summed E-state index contributed by atoms with van der Waals surface area (Å²) >= 11 is 4.24. The summed E-state index contributed by atoms with van der Waals surface area (Å²) < 4.78 is 14.1. The zero-order valence-corrected chi connectivity index (χ0v) is 13.0. The van der Waals surface area contributed by atoms with Gasteiger partial charge >= 0.3 is 0 Å². The van der Waals surface area contributed by atoms with Gasteiger partial charge in [-0.05, 0) is 6.92 Å². The number of epoxide rings is 1. The van der Waals surface area contributed by atoms with Crippen molar-refractivity contribution in [2.75, 3.05) is 34.0 Å². The third kappa shape index (κ3) is 19.0. The minimum atomic E-state index is -0.324. The number of aliphatic hydroxyl groups excluding tert-OH is 1. The summed E-state index contributed by atoms with van der Waals surface area (Å²) in [6, 6.07) is 0. The predicted octanol–water partition coefficient (Wildman–Crippen LogP) is 1.82. The maximum Gasteiger partial charge on any atom is 0.104 e. The molecule has 0 saturated carbocycles. The molecule has 0 bridgehead atoms. The summed E-state index contributed by atoms with van der Waals surface area (Å²) in [7, 11) is 3.24. The second-order valence-electron chi connectivity index (χ2n) is 2.72. The van der Waals surface area contributed by atoms with E-state index in [1.807, 2.05) is 0 Å². The average Bonchev–Trinajstić information content (AvgIpc) is 2.93. The third-order valence-corrected chi connectivity index (χ3v) is 1.16. The molecule has 2 unspecified atom stereocenters. The number of methoxy groups -OCH3 is 2. The smallest absolute Gasteiger partial charge is 0.104 e. The highest BCUT2D eigenvalue weighted by Gasteiger charge is 2.21. The predicted molar refractivity (Wildman–Crippen MR) is 73.2 cm³/mol. The van der Waals surface area contributed by atoms with E-state index in [-0.39, 0.29) is 6.10 Å². The normalized spacial score (nSPS) is 19.7. The topological polar surface area (TPSA) is 51.2 Å². The fourth-order valence-corrected chi connectivity index (χ4v) is 0.591. The zero-order chi connectivity index (χ0) is 11.4. The van der Waals surface area contributed by atoms with E-state index in [1.54, 1.807) is 21.1 Å². The molecule has 0 aromatic heterocycles. The van der Waals surface area contributed by atoms with Crippen LogP contribution >= 0.6 is 37.2 Å². The van der Waals surface area contributed by atoms with Gasteiger partial charge in [0.25, 0.3) is 0 Å². The Kier molecular flexibility index (Phi) is 18.1. The maximum absolute atomic E-state index is 8.43. The van der Waals surface area contributed by atoms with Gasteiger partial charge < -0.3 is 19.3 Å². The van der Waals surface area contributed by atoms with Gasteiger partial charge in [-0.25, -0.2) is 0 Å². The van der Waals surface area contributed by atoms with Crippen molar-refractivity contribution in [3.8, 4) is 0 Å². The molecule has 1 rings (SSSR count). The van der Waals surface area contributed by atoms with Crippen LogP contribution in [0.2, 0.25) is 0 Å². The molecule has 0 radical (unpaired) electrons. The van der Waals surface area contributed by atoms with Crippen LogP contribution in [0.1, 0.15) is 6.92 Å². The monoisotopic (exact) mass is 432 g/mol. The second-order valence-corrected chi connectivity index (χ2v) is 2.72. The van der Waals surface area contributed by atoms with Crippen LogP contribution in [0.4, 0.5) is 0 Å². The summed E-state index contributed by atoms with van der Waals surface area (Å²) in [6.07, 6.45) is 0.102. The molecule has 1 fully saturated rings. The third-order valence-electron chi connectivity index (χ3n) is 1.16. The lowest BCUT2D eigenvalue weighted by Gasteiger charge is -1.97. The molecule has 1 saturated heterocycles. The Morgan fingerprint density at radius 1 is 1.43 bits per heavy atom. The first kappa shape index (κ1) is 17.7. The lowest BCUT2D eigenvalue weighted by Crippen LogP contribution is -2.07. The van der Waals surface area contributed by atoms with E-state index in [9.17, 15) is 0 Å². The van der Waals surface area contributed by atoms with Gasteiger partial charge in [0.15, 0.2) is 0 Å². The highest BCUT2D eigenvalue weighted by molar-refractivity contribution is 15.0. The largest absolute Gasteiger partial charge is 0.391 e. The van der Waals surface area contributed by atoms with Gasteiger partial charge in [-0.1, -0.05) is 0 Å². The van der Waals surface area contributed by atoms with Crippen molar-refractivity contribution < 1.29 is 19.3 Å². The Bertz CT molecular complexity index is 95.3. The van der Waals surface area contributed by atoms with Gasteiger partial charge in [-0.3, -0.25) is 0 Å². The molecule has 0 aromatic rings. The van der Waals surface area contributed by atoms with Crippen molar-refractivity contribution in [1.29, 1.82) is 0 Å². The van der Waals surface area contributed by atoms with E-state index in [4.69, 9.17) is 14.6 Å². The molecule has 0 aliphatic carbocycles. The van der Waals surface area contributed by atoms with Crippen molar-refractivity contribution >= 4 is 37.2 Å². The van der Waals surface area contributed by atoms with Crippen LogP contribution in [0, 0.1) is 0 Å². The SMILES string of the molecule is COCC(C)O.COCC1CO1.II. The van der Waals surface area contributed by atoms with Gasteiger partial charge in [0.1, 0.15) is 6.10 Å². The Balaban J connectivity index is 0. The molecule has 2 atom stereocenters. The molecule has 14 heavy (non-hydrogen) atoms. The van der Waals surface area contributed by atoms with Crippen LogP contribution < -0.4 is 0 Å². The van der Waals surface area contributed by atoms with Gasteiger partial charge in [-0.2, -0.15) is 0 Å². The summed E-state index contributed by atoms with van der Waals surface area (Å²) in [6.45, 7) is 3.78. The molecule has 1 heterocycles. The van der Waals surface area contributed by atoms with Crippen molar-refractivity contribution in [3.63, 3.8) is 0 Å². The summed E-state index contributed by atoms with van der Waals surface area (Å²) in [5, 5.41) is 8.43. The molecular weight excluding hydrogens is 414 g/mol. The highest BCUT2D eigenvalue weighted by Crippen LogP contribution is 2.06. The summed E-state index contributed by atoms with van der Waals surface area (Å²) in [5.74, 6) is 0. The average molecular weight is 432 g/mol. The van der Waals surface area contributed by atoms with E-state index in [0.29, 0.717) is 12.7 Å². The molecule has 0 spiro atoms. The lowest BCUT2D eigenvalue weighted by molar-refractivity contribution is 0.0765. The first-order valence-electron chi connectivity index (χ1n) is 4.12. The first-order chi connectivity index (χ1) is 6.70. The molecule has 0 aromatic carbocycles. The van der Waals surface area contributed by atoms with Crippen molar-refractivity contribution in [1.82, 2.24) is 0 Å². The van der Waals surface area contributed by atoms with Gasteiger partial charge in [-0.15, -0.1) is 0 Å². The molecule has 6 heteroatoms. The Hall–Kier alpha value is 1.30. The second kappa shape index (κ2) is 14.3. The fourth-order valence-electron chi connectivity index (χ4n) is 0.591. The van der Waals surface area contributed by atoms with Gasteiger partial charge in [0.05, 0.1) is 25.9 Å². The lowest BCUT2D eigenvalue weighted by atomic mass is 10.5. The van der Waals surface area contributed by atoms with Crippen LogP contribution in [0.25, 0.3) is 0 Å². The van der Waals surface area contributed by atoms with Crippen molar-refractivity contribution in [2.45, 2.75) is 19.1 Å². The van der Waals surface area contributed by atoms with Gasteiger partial charge in [0, 0.05) is 51.5 Å². The van der Waals surface area contributed by atoms with Crippen LogP contribution in [-0.4, -0.2) is 51.4 Å². The number of ether oxygens (including phenoxy) is 3. The number of halogens is 2.